The van der Waals surface area contributed by atoms with E-state index < -0.39 is 0 Å². The fourth-order valence-corrected chi connectivity index (χ4v) is 4.10. The lowest BCUT2D eigenvalue weighted by molar-refractivity contribution is 0.271. The van der Waals surface area contributed by atoms with Crippen LogP contribution in [0.1, 0.15) is 41.5 Å². The third-order valence-corrected chi connectivity index (χ3v) is 5.99. The van der Waals surface area contributed by atoms with Crippen LogP contribution in [0.4, 0.5) is 0 Å². The van der Waals surface area contributed by atoms with E-state index in [1.165, 1.54) is 22.3 Å². The molecule has 0 amide bonds. The molecule has 0 fully saturated rings. The van der Waals surface area contributed by atoms with Gasteiger partial charge in [-0.1, -0.05) is 121 Å². The molecule has 0 radical (unpaired) electrons. The maximum Gasteiger partial charge on any atom is 0.0614 e. The van der Waals surface area contributed by atoms with Crippen molar-refractivity contribution in [2.45, 2.75) is 45.4 Å². The van der Waals surface area contributed by atoms with Crippen molar-refractivity contribution in [2.24, 2.45) is 10.2 Å². The van der Waals surface area contributed by atoms with Crippen LogP contribution < -0.4 is 0 Å². The maximum absolute atomic E-state index is 4.81. The van der Waals surface area contributed by atoms with Gasteiger partial charge < -0.3 is 0 Å². The molecule has 0 saturated heterocycles. The lowest BCUT2D eigenvalue weighted by Gasteiger charge is -2.19. The number of unbranched alkanes of at least 4 members (excludes halogenated alkanes) is 2. The van der Waals surface area contributed by atoms with Gasteiger partial charge in [0.2, 0.25) is 0 Å². The molecule has 0 bridgehead atoms. The average molecular weight is 489 g/mol. The molecule has 188 valence electrons. The van der Waals surface area contributed by atoms with Gasteiger partial charge in [-0.25, -0.2) is 0 Å². The molecule has 0 aliphatic rings. The lowest BCUT2D eigenvalue weighted by atomic mass is 10.2. The first-order valence-electron chi connectivity index (χ1n) is 13.1. The molecule has 0 unspecified atom stereocenters. The minimum Gasteiger partial charge on any atom is -0.289 e. The predicted molar refractivity (Wildman–Crippen MR) is 155 cm³/mol. The van der Waals surface area contributed by atoms with Gasteiger partial charge in [0.1, 0.15) is 0 Å². The Balaban J connectivity index is 1.28. The first-order valence-corrected chi connectivity index (χ1v) is 13.1. The summed E-state index contributed by atoms with van der Waals surface area (Å²) < 4.78 is 0. The summed E-state index contributed by atoms with van der Waals surface area (Å²) in [5.41, 5.74) is 5.05. The summed E-state index contributed by atoms with van der Waals surface area (Å²) in [7, 11) is 0. The van der Waals surface area contributed by atoms with E-state index >= 15 is 0 Å². The summed E-state index contributed by atoms with van der Waals surface area (Å²) in [5.74, 6) is 0. The molecule has 0 aliphatic carbocycles. The molecule has 4 aromatic carbocycles. The molecule has 0 aliphatic heterocycles. The second-order valence-electron chi connectivity index (χ2n) is 9.11. The van der Waals surface area contributed by atoms with Gasteiger partial charge in [0.15, 0.2) is 0 Å². The first kappa shape index (κ1) is 25.9. The standard InChI is InChI=1S/C33H36N4/c1-6-16-30(17-7-1)26-36(27-31-18-8-2-9-19-31)34-24-14-5-15-25-35-37(28-32-20-10-3-11-21-32)29-33-22-12-4-13-23-33/h1-4,6-13,16-25H,5,14-15,26-29H2/b34-24+,35-25+. The van der Waals surface area contributed by atoms with E-state index in [1.54, 1.807) is 0 Å². The van der Waals surface area contributed by atoms with Crippen molar-refractivity contribution in [1.29, 1.82) is 0 Å². The summed E-state index contributed by atoms with van der Waals surface area (Å²) in [5, 5.41) is 13.9. The SMILES string of the molecule is C(/CCC/C=N/N(Cc1ccccc1)Cc1ccccc1)=N\N(Cc1ccccc1)Cc1ccccc1. The Morgan fingerprint density at radius 2 is 0.676 bits per heavy atom. The zero-order chi connectivity index (χ0) is 25.4. The van der Waals surface area contributed by atoms with Gasteiger partial charge in [0.25, 0.3) is 0 Å². The van der Waals surface area contributed by atoms with Crippen molar-refractivity contribution < 1.29 is 0 Å². The van der Waals surface area contributed by atoms with Crippen molar-refractivity contribution in [3.8, 4) is 0 Å². The normalized spacial score (nSPS) is 11.2. The molecule has 0 aromatic heterocycles. The highest BCUT2D eigenvalue weighted by Crippen LogP contribution is 2.12. The molecule has 0 N–H and O–H groups in total. The van der Waals surface area contributed by atoms with E-state index in [9.17, 15) is 0 Å². The van der Waals surface area contributed by atoms with Crippen molar-refractivity contribution >= 4 is 12.4 Å². The number of hydrazone groups is 2. The van der Waals surface area contributed by atoms with E-state index in [4.69, 9.17) is 10.2 Å². The first-order chi connectivity index (χ1) is 18.3. The Kier molecular flexibility index (Phi) is 10.5. The average Bonchev–Trinajstić information content (AvgIpc) is 2.94. The van der Waals surface area contributed by atoms with Gasteiger partial charge in [0, 0.05) is 12.4 Å². The van der Waals surface area contributed by atoms with E-state index in [-0.39, 0.29) is 0 Å². The minimum atomic E-state index is 0.793. The second-order valence-corrected chi connectivity index (χ2v) is 9.11. The van der Waals surface area contributed by atoms with Crippen LogP contribution in [0.15, 0.2) is 132 Å². The van der Waals surface area contributed by atoms with Crippen LogP contribution in [0.2, 0.25) is 0 Å². The highest BCUT2D eigenvalue weighted by atomic mass is 15.4. The van der Waals surface area contributed by atoms with Gasteiger partial charge in [-0.15, -0.1) is 0 Å². The van der Waals surface area contributed by atoms with Crippen LogP contribution in [0.3, 0.4) is 0 Å². The highest BCUT2D eigenvalue weighted by molar-refractivity contribution is 5.60. The molecule has 4 heteroatoms. The maximum atomic E-state index is 4.81. The van der Waals surface area contributed by atoms with Gasteiger partial charge in [-0.05, 0) is 41.5 Å². The lowest BCUT2D eigenvalue weighted by Crippen LogP contribution is -2.17. The quantitative estimate of drug-likeness (QED) is 0.104. The number of nitrogens with zero attached hydrogens (tertiary/aromatic N) is 4. The third-order valence-electron chi connectivity index (χ3n) is 5.99. The smallest absolute Gasteiger partial charge is 0.0614 e. The molecule has 0 atom stereocenters. The highest BCUT2D eigenvalue weighted by Gasteiger charge is 2.05. The molecule has 0 heterocycles. The molecular formula is C33H36N4. The van der Waals surface area contributed by atoms with Crippen LogP contribution in [0.5, 0.6) is 0 Å². The van der Waals surface area contributed by atoms with Gasteiger partial charge in [-0.3, -0.25) is 10.0 Å². The van der Waals surface area contributed by atoms with Gasteiger partial charge in [0.05, 0.1) is 26.2 Å². The summed E-state index contributed by atoms with van der Waals surface area (Å²) in [4.78, 5) is 0. The zero-order valence-electron chi connectivity index (χ0n) is 21.4. The van der Waals surface area contributed by atoms with Gasteiger partial charge >= 0.3 is 0 Å². The van der Waals surface area contributed by atoms with E-state index in [0.717, 1.165) is 45.4 Å². The number of rotatable bonds is 14. The molecular weight excluding hydrogens is 452 g/mol. The van der Waals surface area contributed by atoms with Crippen LogP contribution in [0, 0.1) is 0 Å². The van der Waals surface area contributed by atoms with E-state index in [0.29, 0.717) is 0 Å². The second kappa shape index (κ2) is 15.0. The number of hydrogen-bond acceptors (Lipinski definition) is 4. The number of benzene rings is 4. The van der Waals surface area contributed by atoms with Crippen LogP contribution in [-0.2, 0) is 26.2 Å². The van der Waals surface area contributed by atoms with Crippen molar-refractivity contribution in [2.75, 3.05) is 0 Å². The Hall–Kier alpha value is -4.18. The fourth-order valence-electron chi connectivity index (χ4n) is 4.10. The summed E-state index contributed by atoms with van der Waals surface area (Å²) >= 11 is 0. The Bertz CT molecular complexity index is 1010. The molecule has 0 saturated carbocycles. The Labute approximate surface area is 221 Å². The molecule has 4 aromatic rings. The fraction of sp³-hybridized carbons (Fsp3) is 0.212. The zero-order valence-corrected chi connectivity index (χ0v) is 21.4. The largest absolute Gasteiger partial charge is 0.289 e. The van der Waals surface area contributed by atoms with Crippen LogP contribution in [0.25, 0.3) is 0 Å². The topological polar surface area (TPSA) is 31.2 Å². The van der Waals surface area contributed by atoms with Gasteiger partial charge in [-0.2, -0.15) is 10.2 Å². The monoisotopic (exact) mass is 488 g/mol. The van der Waals surface area contributed by atoms with Crippen LogP contribution >= 0.6 is 0 Å². The van der Waals surface area contributed by atoms with E-state index in [2.05, 4.69) is 131 Å². The summed E-state index contributed by atoms with van der Waals surface area (Å²) in [6, 6.07) is 42.1. The summed E-state index contributed by atoms with van der Waals surface area (Å²) in [6.07, 6.45) is 6.95. The Morgan fingerprint density at radius 3 is 0.946 bits per heavy atom. The molecule has 37 heavy (non-hydrogen) atoms. The predicted octanol–water partition coefficient (Wildman–Crippen LogP) is 7.53. The number of hydrogen-bond donors (Lipinski definition) is 0. The van der Waals surface area contributed by atoms with E-state index in [1.807, 2.05) is 12.4 Å². The summed E-state index contributed by atoms with van der Waals surface area (Å²) in [6.45, 7) is 3.17. The van der Waals surface area contributed by atoms with Crippen molar-refractivity contribution in [3.63, 3.8) is 0 Å². The minimum absolute atomic E-state index is 0.793. The molecule has 4 rings (SSSR count). The van der Waals surface area contributed by atoms with Crippen molar-refractivity contribution in [3.05, 3.63) is 144 Å². The molecule has 0 spiro atoms. The molecule has 4 nitrogen and oxygen atoms in total. The third kappa shape index (κ3) is 9.77. The van der Waals surface area contributed by atoms with Crippen LogP contribution in [-0.4, -0.2) is 22.4 Å². The van der Waals surface area contributed by atoms with Crippen molar-refractivity contribution in [1.82, 2.24) is 10.0 Å². The Morgan fingerprint density at radius 1 is 0.405 bits per heavy atom.